The van der Waals surface area contributed by atoms with Gasteiger partial charge < -0.3 is 4.40 Å². The molecular formula is C16H13F3N2O2S. The Balaban J connectivity index is 2.18. The molecule has 2 heterocycles. The molecule has 0 bridgehead atoms. The summed E-state index contributed by atoms with van der Waals surface area (Å²) in [6.45, 7) is 1.53. The maximum absolute atomic E-state index is 12.8. The van der Waals surface area contributed by atoms with E-state index in [-0.39, 0.29) is 10.6 Å². The van der Waals surface area contributed by atoms with Gasteiger partial charge in [0.05, 0.1) is 21.9 Å². The van der Waals surface area contributed by atoms with Crippen molar-refractivity contribution in [1.29, 1.82) is 0 Å². The lowest BCUT2D eigenvalue weighted by molar-refractivity contribution is -0.137. The molecule has 3 aromatic rings. The summed E-state index contributed by atoms with van der Waals surface area (Å²) in [6, 6.07) is 8.52. The van der Waals surface area contributed by atoms with E-state index >= 15 is 0 Å². The Morgan fingerprint density at radius 3 is 2.46 bits per heavy atom. The Morgan fingerprint density at radius 2 is 1.79 bits per heavy atom. The Hall–Kier alpha value is -2.35. The molecule has 2 aromatic heterocycles. The van der Waals surface area contributed by atoms with E-state index in [1.54, 1.807) is 18.2 Å². The van der Waals surface area contributed by atoms with Crippen LogP contribution in [0.2, 0.25) is 0 Å². The molecule has 4 nitrogen and oxygen atoms in total. The van der Waals surface area contributed by atoms with Gasteiger partial charge in [-0.05, 0) is 18.2 Å². The molecule has 0 radical (unpaired) electrons. The number of alkyl halides is 3. The summed E-state index contributed by atoms with van der Waals surface area (Å²) in [5, 5.41) is 0. The van der Waals surface area contributed by atoms with Crippen molar-refractivity contribution < 1.29 is 21.6 Å². The number of nitrogens with zero attached hydrogens (tertiary/aromatic N) is 2. The molecule has 0 atom stereocenters. The standard InChI is InChI=1S/C16H13F3N2O2S/c1-2-24(22,23)14-6-4-3-5-12(14)13-10-21-9-11(16(17,18)19)7-8-15(21)20-13/h3-10H,2H2,1H3. The van der Waals surface area contributed by atoms with Crippen molar-refractivity contribution in [2.24, 2.45) is 0 Å². The summed E-state index contributed by atoms with van der Waals surface area (Å²) >= 11 is 0. The fraction of sp³-hybridized carbons (Fsp3) is 0.188. The molecule has 0 saturated carbocycles. The van der Waals surface area contributed by atoms with Crippen molar-refractivity contribution in [1.82, 2.24) is 9.38 Å². The summed E-state index contributed by atoms with van der Waals surface area (Å²) in [6.07, 6.45) is -2.13. The molecular weight excluding hydrogens is 341 g/mol. The number of aromatic nitrogens is 2. The van der Waals surface area contributed by atoms with E-state index in [9.17, 15) is 21.6 Å². The average molecular weight is 354 g/mol. The van der Waals surface area contributed by atoms with E-state index in [2.05, 4.69) is 4.98 Å². The number of halogens is 3. The highest BCUT2D eigenvalue weighted by Crippen LogP contribution is 2.31. The third-order valence-corrected chi connectivity index (χ3v) is 5.44. The van der Waals surface area contributed by atoms with E-state index in [1.165, 1.54) is 29.7 Å². The minimum atomic E-state index is -4.46. The number of sulfone groups is 1. The first kappa shape index (κ1) is 16.5. The maximum Gasteiger partial charge on any atom is 0.417 e. The Morgan fingerprint density at radius 1 is 1.08 bits per heavy atom. The molecule has 0 spiro atoms. The molecule has 1 aromatic carbocycles. The molecule has 0 saturated heterocycles. The van der Waals surface area contributed by atoms with Crippen LogP contribution in [0.15, 0.2) is 53.7 Å². The predicted octanol–water partition coefficient (Wildman–Crippen LogP) is 3.81. The number of pyridine rings is 1. The average Bonchev–Trinajstić information content (AvgIpc) is 2.97. The Labute approximate surface area is 136 Å². The second-order valence-corrected chi connectivity index (χ2v) is 7.45. The third kappa shape index (κ3) is 2.89. The number of hydrogen-bond donors (Lipinski definition) is 0. The number of benzene rings is 1. The van der Waals surface area contributed by atoms with Crippen molar-refractivity contribution >= 4 is 15.5 Å². The van der Waals surface area contributed by atoms with Crippen molar-refractivity contribution in [2.75, 3.05) is 5.75 Å². The number of hydrogen-bond acceptors (Lipinski definition) is 3. The smallest absolute Gasteiger partial charge is 0.306 e. The summed E-state index contributed by atoms with van der Waals surface area (Å²) in [5.74, 6) is -0.0738. The van der Waals surface area contributed by atoms with Gasteiger partial charge >= 0.3 is 6.18 Å². The zero-order valence-electron chi connectivity index (χ0n) is 12.6. The lowest BCUT2D eigenvalue weighted by atomic mass is 10.2. The summed E-state index contributed by atoms with van der Waals surface area (Å²) in [7, 11) is -3.48. The van der Waals surface area contributed by atoms with Crippen LogP contribution in [0.3, 0.4) is 0 Å². The van der Waals surface area contributed by atoms with Crippen LogP contribution in [0, 0.1) is 0 Å². The molecule has 0 unspecified atom stereocenters. The first-order valence-electron chi connectivity index (χ1n) is 7.10. The molecule has 8 heteroatoms. The van der Waals surface area contributed by atoms with Crippen LogP contribution in [-0.4, -0.2) is 23.6 Å². The van der Waals surface area contributed by atoms with E-state index in [0.717, 1.165) is 12.3 Å². The molecule has 0 N–H and O–H groups in total. The van der Waals surface area contributed by atoms with Gasteiger partial charge in [0, 0.05) is 18.0 Å². The monoisotopic (exact) mass is 354 g/mol. The lowest BCUT2D eigenvalue weighted by Crippen LogP contribution is -2.05. The molecule has 3 rings (SSSR count). The van der Waals surface area contributed by atoms with E-state index < -0.39 is 21.6 Å². The Kier molecular flexibility index (Phi) is 3.87. The Bertz CT molecular complexity index is 1010. The van der Waals surface area contributed by atoms with Crippen LogP contribution in [0.25, 0.3) is 16.9 Å². The molecule has 0 aliphatic rings. The minimum absolute atomic E-state index is 0.0738. The molecule has 0 aliphatic heterocycles. The fourth-order valence-corrected chi connectivity index (χ4v) is 3.50. The topological polar surface area (TPSA) is 51.4 Å². The lowest BCUT2D eigenvalue weighted by Gasteiger charge is -2.06. The minimum Gasteiger partial charge on any atom is -0.306 e. The van der Waals surface area contributed by atoms with Crippen LogP contribution >= 0.6 is 0 Å². The first-order chi connectivity index (χ1) is 11.2. The van der Waals surface area contributed by atoms with Crippen LogP contribution in [0.5, 0.6) is 0 Å². The van der Waals surface area contributed by atoms with Gasteiger partial charge in [-0.2, -0.15) is 13.2 Å². The van der Waals surface area contributed by atoms with E-state index in [1.807, 2.05) is 0 Å². The van der Waals surface area contributed by atoms with Gasteiger partial charge in [0.15, 0.2) is 9.84 Å². The SMILES string of the molecule is CCS(=O)(=O)c1ccccc1-c1cn2cc(C(F)(F)F)ccc2n1. The van der Waals surface area contributed by atoms with Gasteiger partial charge in [0.2, 0.25) is 0 Å². The quantitative estimate of drug-likeness (QED) is 0.719. The molecule has 0 amide bonds. The first-order valence-corrected chi connectivity index (χ1v) is 8.76. The zero-order chi connectivity index (χ0) is 17.5. The molecule has 0 aliphatic carbocycles. The zero-order valence-corrected chi connectivity index (χ0v) is 13.4. The van der Waals surface area contributed by atoms with Crippen LogP contribution in [0.1, 0.15) is 12.5 Å². The van der Waals surface area contributed by atoms with Crippen molar-refractivity contribution in [3.63, 3.8) is 0 Å². The largest absolute Gasteiger partial charge is 0.417 e. The van der Waals surface area contributed by atoms with Gasteiger partial charge in [-0.25, -0.2) is 13.4 Å². The summed E-state index contributed by atoms with van der Waals surface area (Å²) in [5.41, 5.74) is 0.189. The predicted molar refractivity (Wildman–Crippen MR) is 83.4 cm³/mol. The third-order valence-electron chi connectivity index (χ3n) is 3.66. The van der Waals surface area contributed by atoms with E-state index in [4.69, 9.17) is 0 Å². The van der Waals surface area contributed by atoms with Crippen molar-refractivity contribution in [3.8, 4) is 11.3 Å². The van der Waals surface area contributed by atoms with Gasteiger partial charge in [0.1, 0.15) is 5.65 Å². The fourth-order valence-electron chi connectivity index (χ4n) is 2.39. The second-order valence-electron chi connectivity index (χ2n) is 5.21. The molecule has 126 valence electrons. The molecule has 24 heavy (non-hydrogen) atoms. The number of rotatable bonds is 3. The van der Waals surface area contributed by atoms with Crippen molar-refractivity contribution in [3.05, 3.63) is 54.4 Å². The number of imidazole rings is 1. The van der Waals surface area contributed by atoms with Crippen LogP contribution in [0.4, 0.5) is 13.2 Å². The van der Waals surface area contributed by atoms with Gasteiger partial charge in [-0.1, -0.05) is 25.1 Å². The highest BCUT2D eigenvalue weighted by atomic mass is 32.2. The highest BCUT2D eigenvalue weighted by molar-refractivity contribution is 7.91. The maximum atomic E-state index is 12.8. The van der Waals surface area contributed by atoms with E-state index in [0.29, 0.717) is 16.9 Å². The van der Waals surface area contributed by atoms with Crippen LogP contribution in [-0.2, 0) is 16.0 Å². The summed E-state index contributed by atoms with van der Waals surface area (Å²) in [4.78, 5) is 4.36. The highest BCUT2D eigenvalue weighted by Gasteiger charge is 2.31. The molecule has 0 fully saturated rings. The second kappa shape index (κ2) is 5.62. The normalized spacial score (nSPS) is 12.7. The summed E-state index contributed by atoms with van der Waals surface area (Å²) < 4.78 is 64.1. The van der Waals surface area contributed by atoms with Gasteiger partial charge in [-0.15, -0.1) is 0 Å². The van der Waals surface area contributed by atoms with Gasteiger partial charge in [0.25, 0.3) is 0 Å². The van der Waals surface area contributed by atoms with Crippen LogP contribution < -0.4 is 0 Å². The number of fused-ring (bicyclic) bond motifs is 1. The van der Waals surface area contributed by atoms with Crippen molar-refractivity contribution in [2.45, 2.75) is 18.0 Å². The van der Waals surface area contributed by atoms with Gasteiger partial charge in [-0.3, -0.25) is 0 Å².